The molecular weight excluding hydrogens is 336 g/mol. The van der Waals surface area contributed by atoms with Crippen molar-refractivity contribution < 1.29 is 15.3 Å². The van der Waals surface area contributed by atoms with Crippen LogP contribution in [0.2, 0.25) is 0 Å². The fourth-order valence-electron chi connectivity index (χ4n) is 4.15. The third-order valence-electron chi connectivity index (χ3n) is 6.03. The summed E-state index contributed by atoms with van der Waals surface area (Å²) in [4.78, 5) is 0. The average Bonchev–Trinajstić information content (AvgIpc) is 2.92. The normalized spacial score (nSPS) is 27.1. The Balaban J connectivity index is 2.19. The summed E-state index contributed by atoms with van der Waals surface area (Å²) in [7, 11) is 0. The van der Waals surface area contributed by atoms with Gasteiger partial charge in [0, 0.05) is 0 Å². The lowest BCUT2D eigenvalue weighted by Gasteiger charge is -2.22. The van der Waals surface area contributed by atoms with Crippen LogP contribution in [0.4, 0.5) is 0 Å². The van der Waals surface area contributed by atoms with E-state index in [2.05, 4.69) is 31.2 Å². The Labute approximate surface area is 167 Å². The Kier molecular flexibility index (Phi) is 13.8. The number of aliphatic hydroxyl groups is 3. The average molecular weight is 381 g/mol. The van der Waals surface area contributed by atoms with Crippen LogP contribution < -0.4 is 0 Å². The monoisotopic (exact) mass is 380 g/mol. The fraction of sp³-hybridized carbons (Fsp3) is 0.833. The molecule has 0 aromatic heterocycles. The van der Waals surface area contributed by atoms with Crippen LogP contribution in [0.5, 0.6) is 0 Å². The molecule has 0 aromatic carbocycles. The highest BCUT2D eigenvalue weighted by atomic mass is 16.3. The summed E-state index contributed by atoms with van der Waals surface area (Å²) in [6.07, 6.45) is 21.3. The van der Waals surface area contributed by atoms with Gasteiger partial charge in [0.2, 0.25) is 0 Å². The van der Waals surface area contributed by atoms with Crippen LogP contribution in [0.15, 0.2) is 24.3 Å². The first kappa shape index (κ1) is 24.4. The zero-order valence-electron chi connectivity index (χ0n) is 17.7. The first-order valence-electron chi connectivity index (χ1n) is 11.4. The molecule has 3 heteroatoms. The van der Waals surface area contributed by atoms with Gasteiger partial charge in [-0.3, -0.25) is 0 Å². The van der Waals surface area contributed by atoms with Crippen molar-refractivity contribution in [3.8, 4) is 0 Å². The minimum atomic E-state index is -0.345. The molecule has 3 N–H and O–H groups in total. The predicted molar refractivity (Wildman–Crippen MR) is 115 cm³/mol. The van der Waals surface area contributed by atoms with E-state index >= 15 is 0 Å². The maximum Gasteiger partial charge on any atom is 0.0599 e. The van der Waals surface area contributed by atoms with Crippen LogP contribution in [0.3, 0.4) is 0 Å². The third kappa shape index (κ3) is 10.5. The minimum absolute atomic E-state index is 0.155. The Bertz CT molecular complexity index is 404. The molecule has 3 unspecified atom stereocenters. The lowest BCUT2D eigenvalue weighted by molar-refractivity contribution is 0.108. The topological polar surface area (TPSA) is 60.7 Å². The third-order valence-corrected chi connectivity index (χ3v) is 6.03. The van der Waals surface area contributed by atoms with Crippen molar-refractivity contribution in [2.24, 2.45) is 11.8 Å². The van der Waals surface area contributed by atoms with Gasteiger partial charge in [-0.15, -0.1) is 0 Å². The van der Waals surface area contributed by atoms with Gasteiger partial charge in [-0.1, -0.05) is 63.8 Å². The Morgan fingerprint density at radius 1 is 0.815 bits per heavy atom. The van der Waals surface area contributed by atoms with Crippen LogP contribution in [-0.4, -0.2) is 33.6 Å². The zero-order valence-corrected chi connectivity index (χ0v) is 17.7. The van der Waals surface area contributed by atoms with E-state index in [4.69, 9.17) is 0 Å². The highest BCUT2D eigenvalue weighted by Crippen LogP contribution is 2.38. The molecule has 0 aliphatic heterocycles. The molecule has 1 saturated carbocycles. The van der Waals surface area contributed by atoms with Crippen LogP contribution in [0.25, 0.3) is 0 Å². The van der Waals surface area contributed by atoms with E-state index in [0.717, 1.165) is 51.4 Å². The molecule has 0 aromatic rings. The largest absolute Gasteiger partial charge is 0.393 e. The van der Waals surface area contributed by atoms with Gasteiger partial charge in [0.05, 0.1) is 18.3 Å². The van der Waals surface area contributed by atoms with E-state index in [9.17, 15) is 15.3 Å². The van der Waals surface area contributed by atoms with Crippen molar-refractivity contribution in [3.63, 3.8) is 0 Å². The van der Waals surface area contributed by atoms with Crippen molar-refractivity contribution in [3.05, 3.63) is 24.3 Å². The highest BCUT2D eigenvalue weighted by Gasteiger charge is 2.40. The van der Waals surface area contributed by atoms with Crippen molar-refractivity contribution in [2.45, 2.75) is 116 Å². The molecule has 27 heavy (non-hydrogen) atoms. The number of hydrogen-bond donors (Lipinski definition) is 3. The smallest absolute Gasteiger partial charge is 0.0599 e. The lowest BCUT2D eigenvalue weighted by atomic mass is 9.86. The standard InChI is InChI=1S/C24H44O3/c1-3-5-6-10-14-17-21-22(24(27)19-23(21)26)18-15-12-9-7-8-11-13-16-20(25)4-2/h8,10-11,14,20-27H,3-7,9,12-13,15-19H2,1-2H3/b11-8+,14-10-/t20?,21?,22?,23-,24+/m1/s1. The van der Waals surface area contributed by atoms with Gasteiger partial charge in [0.15, 0.2) is 0 Å². The van der Waals surface area contributed by atoms with Gasteiger partial charge < -0.3 is 15.3 Å². The second-order valence-electron chi connectivity index (χ2n) is 8.30. The molecule has 1 fully saturated rings. The summed E-state index contributed by atoms with van der Waals surface area (Å²) in [5.41, 5.74) is 0. The molecule has 0 heterocycles. The summed E-state index contributed by atoms with van der Waals surface area (Å²) in [5.74, 6) is 0.477. The summed E-state index contributed by atoms with van der Waals surface area (Å²) in [6.45, 7) is 4.22. The predicted octanol–water partition coefficient (Wildman–Crippen LogP) is 5.54. The Morgan fingerprint density at radius 2 is 1.48 bits per heavy atom. The Hall–Kier alpha value is -0.640. The van der Waals surface area contributed by atoms with Gasteiger partial charge in [-0.2, -0.15) is 0 Å². The molecule has 0 radical (unpaired) electrons. The van der Waals surface area contributed by atoms with Gasteiger partial charge in [0.25, 0.3) is 0 Å². The first-order chi connectivity index (χ1) is 13.1. The van der Waals surface area contributed by atoms with Gasteiger partial charge >= 0.3 is 0 Å². The zero-order chi connectivity index (χ0) is 19.9. The maximum atomic E-state index is 10.3. The Morgan fingerprint density at radius 3 is 2.22 bits per heavy atom. The molecule has 0 amide bonds. The second kappa shape index (κ2) is 15.3. The number of allylic oxidation sites excluding steroid dienone is 4. The molecular formula is C24H44O3. The second-order valence-corrected chi connectivity index (χ2v) is 8.30. The maximum absolute atomic E-state index is 10.3. The van der Waals surface area contributed by atoms with Crippen LogP contribution >= 0.6 is 0 Å². The number of hydrogen-bond acceptors (Lipinski definition) is 3. The van der Waals surface area contributed by atoms with E-state index in [1.165, 1.54) is 25.7 Å². The van der Waals surface area contributed by atoms with Crippen LogP contribution in [-0.2, 0) is 0 Å². The number of aliphatic hydroxyl groups excluding tert-OH is 3. The molecule has 1 rings (SSSR count). The molecule has 1 aliphatic carbocycles. The highest BCUT2D eigenvalue weighted by molar-refractivity contribution is 4.96. The summed E-state index contributed by atoms with van der Waals surface area (Å²) < 4.78 is 0. The van der Waals surface area contributed by atoms with Crippen LogP contribution in [0, 0.1) is 11.8 Å². The fourth-order valence-corrected chi connectivity index (χ4v) is 4.15. The molecule has 0 saturated heterocycles. The van der Waals surface area contributed by atoms with E-state index in [-0.39, 0.29) is 30.1 Å². The molecule has 0 spiro atoms. The van der Waals surface area contributed by atoms with E-state index < -0.39 is 0 Å². The summed E-state index contributed by atoms with van der Waals surface area (Å²) >= 11 is 0. The quantitative estimate of drug-likeness (QED) is 0.258. The molecule has 5 atom stereocenters. The number of unbranched alkanes of at least 4 members (excludes halogenated alkanes) is 5. The van der Waals surface area contributed by atoms with Gasteiger partial charge in [0.1, 0.15) is 0 Å². The van der Waals surface area contributed by atoms with Crippen molar-refractivity contribution in [1.82, 2.24) is 0 Å². The van der Waals surface area contributed by atoms with E-state index in [0.29, 0.717) is 6.42 Å². The van der Waals surface area contributed by atoms with Crippen molar-refractivity contribution >= 4 is 0 Å². The molecule has 0 bridgehead atoms. The minimum Gasteiger partial charge on any atom is -0.393 e. The summed E-state index contributed by atoms with van der Waals surface area (Å²) in [5, 5.41) is 30.1. The van der Waals surface area contributed by atoms with E-state index in [1.807, 2.05) is 6.92 Å². The SMILES string of the molecule is CCCC/C=C\CC1C(CCCCC/C=C/CCC(O)CC)[C@@H](O)C[C@H]1O. The van der Waals surface area contributed by atoms with Crippen molar-refractivity contribution in [2.75, 3.05) is 0 Å². The molecule has 1 aliphatic rings. The number of rotatable bonds is 15. The van der Waals surface area contributed by atoms with Gasteiger partial charge in [-0.25, -0.2) is 0 Å². The van der Waals surface area contributed by atoms with E-state index in [1.54, 1.807) is 0 Å². The molecule has 158 valence electrons. The lowest BCUT2D eigenvalue weighted by Crippen LogP contribution is -2.21. The molecule has 3 nitrogen and oxygen atoms in total. The first-order valence-corrected chi connectivity index (χ1v) is 11.4. The van der Waals surface area contributed by atoms with Crippen molar-refractivity contribution in [1.29, 1.82) is 0 Å². The van der Waals surface area contributed by atoms with Crippen LogP contribution in [0.1, 0.15) is 97.3 Å². The summed E-state index contributed by atoms with van der Waals surface area (Å²) in [6, 6.07) is 0. The van der Waals surface area contributed by atoms with Gasteiger partial charge in [-0.05, 0) is 69.6 Å².